The first kappa shape index (κ1) is 25.3. The number of anilines is 1. The van der Waals surface area contributed by atoms with E-state index < -0.39 is 10.9 Å². The van der Waals surface area contributed by atoms with Crippen LogP contribution >= 0.6 is 0 Å². The van der Waals surface area contributed by atoms with Gasteiger partial charge in [-0.15, -0.1) is 0 Å². The highest BCUT2D eigenvalue weighted by Crippen LogP contribution is 2.40. The van der Waals surface area contributed by atoms with E-state index in [1.165, 1.54) is 19.3 Å². The fourth-order valence-electron chi connectivity index (χ4n) is 4.95. The molecule has 0 fully saturated rings. The van der Waals surface area contributed by atoms with Crippen LogP contribution in [-0.2, 0) is 9.53 Å². The van der Waals surface area contributed by atoms with Gasteiger partial charge in [-0.2, -0.15) is 0 Å². The summed E-state index contributed by atoms with van der Waals surface area (Å²) in [6, 6.07) is 8.05. The second-order valence-electron chi connectivity index (χ2n) is 9.50. The molecule has 1 aromatic carbocycles. The Balaban J connectivity index is 1.51. The number of benzene rings is 1. The van der Waals surface area contributed by atoms with E-state index in [0.717, 1.165) is 56.0 Å². The average molecular weight is 479 g/mol. The molecule has 1 aliphatic carbocycles. The largest absolute Gasteiger partial charge is 0.624 e. The van der Waals surface area contributed by atoms with Gasteiger partial charge in [0.1, 0.15) is 0 Å². The minimum Gasteiger partial charge on any atom is -0.624 e. The third-order valence-corrected chi connectivity index (χ3v) is 6.84. The van der Waals surface area contributed by atoms with Crippen molar-refractivity contribution in [3.05, 3.63) is 77.2 Å². The zero-order valence-corrected chi connectivity index (χ0v) is 21.1. The van der Waals surface area contributed by atoms with Crippen LogP contribution in [0, 0.1) is 5.21 Å². The molecule has 0 saturated carbocycles. The number of carbonyl (C=O) groups excluding carboxylic acids is 1. The summed E-state index contributed by atoms with van der Waals surface area (Å²) in [4.78, 5) is 14.9. The molecule has 0 spiro atoms. The van der Waals surface area contributed by atoms with Crippen LogP contribution in [0.5, 0.6) is 5.75 Å². The monoisotopic (exact) mass is 478 g/mol. The number of unbranched alkanes of at least 4 members (excludes halogenated alkanes) is 6. The van der Waals surface area contributed by atoms with Crippen molar-refractivity contribution in [3.63, 3.8) is 0 Å². The van der Waals surface area contributed by atoms with E-state index in [9.17, 15) is 10.0 Å². The Kier molecular flexibility index (Phi) is 8.47. The number of quaternary nitrogens is 1. The van der Waals surface area contributed by atoms with Crippen LogP contribution in [0.4, 0.5) is 5.69 Å². The summed E-state index contributed by atoms with van der Waals surface area (Å²) >= 11 is 0. The maximum absolute atomic E-state index is 14.0. The number of fused-ring (bicyclic) bond motifs is 1. The summed E-state index contributed by atoms with van der Waals surface area (Å²) in [5, 5.41) is 14.0. The number of rotatable bonds is 12. The number of ketones is 1. The van der Waals surface area contributed by atoms with Crippen LogP contribution in [0.2, 0.25) is 0 Å². The molecule has 4 rings (SSSR count). The molecular formula is C29H38N2O4. The lowest BCUT2D eigenvalue weighted by atomic mass is 10.1. The lowest BCUT2D eigenvalue weighted by molar-refractivity contribution is -0.868. The van der Waals surface area contributed by atoms with Crippen molar-refractivity contribution in [2.75, 3.05) is 18.0 Å². The zero-order chi connectivity index (χ0) is 24.7. The summed E-state index contributed by atoms with van der Waals surface area (Å²) in [5.41, 5.74) is 1.34. The summed E-state index contributed by atoms with van der Waals surface area (Å²) in [5.74, 6) is 1.89. The predicted molar refractivity (Wildman–Crippen MR) is 139 cm³/mol. The fourth-order valence-corrected chi connectivity index (χ4v) is 4.95. The Hall–Kier alpha value is -2.83. The average Bonchev–Trinajstić information content (AvgIpc) is 3.35. The third kappa shape index (κ3) is 5.54. The standard InChI is InChI=1S/C29H38N2O4/c1-3-5-7-11-21-30-23-15-9-10-17-25(23)34-27(30)19-14-20-28-31(33,22-12-8-6-4-2)29-24(32)16-13-18-26(29)35-28/h9-10,13-15,17-20,28H,3-8,11-12,16,21-22H2,1-2H3. The second kappa shape index (κ2) is 11.7. The van der Waals surface area contributed by atoms with Crippen molar-refractivity contribution in [2.24, 2.45) is 0 Å². The molecule has 0 radical (unpaired) electrons. The highest BCUT2D eigenvalue weighted by Gasteiger charge is 2.46. The predicted octanol–water partition coefficient (Wildman–Crippen LogP) is 6.86. The molecule has 0 bridgehead atoms. The van der Waals surface area contributed by atoms with Crippen LogP contribution in [-0.4, -0.2) is 29.7 Å². The molecule has 0 amide bonds. The molecule has 3 aliphatic rings. The van der Waals surface area contributed by atoms with Crippen molar-refractivity contribution in [1.82, 2.24) is 0 Å². The minimum absolute atomic E-state index is 0.130. The van der Waals surface area contributed by atoms with Crippen molar-refractivity contribution >= 4 is 11.5 Å². The molecule has 0 aromatic heterocycles. The molecule has 2 aliphatic heterocycles. The Morgan fingerprint density at radius 2 is 1.86 bits per heavy atom. The maximum atomic E-state index is 14.0. The molecule has 35 heavy (non-hydrogen) atoms. The van der Waals surface area contributed by atoms with Gasteiger partial charge in [0, 0.05) is 19.0 Å². The normalized spacial score (nSPS) is 24.3. The quantitative estimate of drug-likeness (QED) is 0.187. The lowest BCUT2D eigenvalue weighted by Gasteiger charge is -2.41. The number of para-hydroxylation sites is 2. The van der Waals surface area contributed by atoms with E-state index in [-0.39, 0.29) is 17.9 Å². The lowest BCUT2D eigenvalue weighted by Crippen LogP contribution is -2.48. The van der Waals surface area contributed by atoms with Crippen molar-refractivity contribution in [2.45, 2.75) is 77.9 Å². The molecule has 2 unspecified atom stereocenters. The molecule has 6 heteroatoms. The summed E-state index contributed by atoms with van der Waals surface area (Å²) in [6.07, 6.45) is 17.2. The Morgan fingerprint density at radius 1 is 1.09 bits per heavy atom. The van der Waals surface area contributed by atoms with Crippen LogP contribution in [0.1, 0.15) is 71.6 Å². The number of Topliss-reactive ketones (excluding diaryl/α,β-unsaturated/α-hetero) is 1. The molecule has 6 nitrogen and oxygen atoms in total. The fraction of sp³-hybridized carbons (Fsp3) is 0.483. The maximum Gasteiger partial charge on any atom is 0.258 e. The topological polar surface area (TPSA) is 61.8 Å². The van der Waals surface area contributed by atoms with Crippen molar-refractivity contribution in [1.29, 1.82) is 0 Å². The van der Waals surface area contributed by atoms with E-state index in [1.807, 2.05) is 30.4 Å². The van der Waals surface area contributed by atoms with Crippen LogP contribution < -0.4 is 9.64 Å². The van der Waals surface area contributed by atoms with Crippen LogP contribution in [0.15, 0.2) is 72.0 Å². The number of hydroxylamine groups is 3. The molecule has 2 heterocycles. The van der Waals surface area contributed by atoms with Gasteiger partial charge >= 0.3 is 0 Å². The minimum atomic E-state index is -0.771. The molecule has 0 saturated heterocycles. The Labute approximate surface area is 209 Å². The van der Waals surface area contributed by atoms with Crippen LogP contribution in [0.3, 0.4) is 0 Å². The molecular weight excluding hydrogens is 440 g/mol. The number of carbonyl (C=O) groups is 1. The van der Waals surface area contributed by atoms with Crippen molar-refractivity contribution in [3.8, 4) is 5.75 Å². The number of hydrogen-bond acceptors (Lipinski definition) is 5. The number of nitrogens with zero attached hydrogens (tertiary/aromatic N) is 2. The van der Waals surface area contributed by atoms with E-state index in [1.54, 1.807) is 18.2 Å². The van der Waals surface area contributed by atoms with Gasteiger partial charge in [0.05, 0.1) is 12.2 Å². The SMILES string of the molecule is CCCCCCN1C(=CC=CC2OC3=C(C(=O)CC=C3)[N+]2([O-])CCCCCC)Oc2ccccc21. The van der Waals surface area contributed by atoms with Gasteiger partial charge in [-0.25, -0.2) is 0 Å². The van der Waals surface area contributed by atoms with Gasteiger partial charge in [-0.3, -0.25) is 9.44 Å². The van der Waals surface area contributed by atoms with Crippen molar-refractivity contribution < 1.29 is 18.9 Å². The number of allylic oxidation sites excluding steroid dienone is 5. The molecule has 2 atom stereocenters. The molecule has 1 aromatic rings. The number of ether oxygens (including phenoxy) is 2. The summed E-state index contributed by atoms with van der Waals surface area (Å²) in [6.45, 7) is 5.58. The van der Waals surface area contributed by atoms with E-state index in [0.29, 0.717) is 12.3 Å². The zero-order valence-electron chi connectivity index (χ0n) is 21.1. The highest BCUT2D eigenvalue weighted by molar-refractivity contribution is 5.96. The first-order valence-corrected chi connectivity index (χ1v) is 13.2. The van der Waals surface area contributed by atoms with E-state index in [2.05, 4.69) is 24.8 Å². The van der Waals surface area contributed by atoms with Gasteiger partial charge in [-0.1, -0.05) is 70.2 Å². The number of hydrogen-bond donors (Lipinski definition) is 0. The molecule has 188 valence electrons. The van der Waals surface area contributed by atoms with Gasteiger partial charge in [-0.05, 0) is 43.5 Å². The van der Waals surface area contributed by atoms with Gasteiger partial charge in [0.15, 0.2) is 11.5 Å². The molecule has 0 N–H and O–H groups in total. The van der Waals surface area contributed by atoms with E-state index >= 15 is 0 Å². The smallest absolute Gasteiger partial charge is 0.258 e. The van der Waals surface area contributed by atoms with Gasteiger partial charge < -0.3 is 19.6 Å². The Bertz CT molecular complexity index is 1030. The van der Waals surface area contributed by atoms with Gasteiger partial charge in [0.25, 0.3) is 6.23 Å². The highest BCUT2D eigenvalue weighted by atomic mass is 16.6. The van der Waals surface area contributed by atoms with E-state index in [4.69, 9.17) is 9.47 Å². The first-order chi connectivity index (χ1) is 17.1. The summed E-state index contributed by atoms with van der Waals surface area (Å²) < 4.78 is 11.4. The van der Waals surface area contributed by atoms with Gasteiger partial charge in [0.2, 0.25) is 17.4 Å². The third-order valence-electron chi connectivity index (χ3n) is 6.84. The first-order valence-electron chi connectivity index (χ1n) is 13.2. The summed E-state index contributed by atoms with van der Waals surface area (Å²) in [7, 11) is 0. The van der Waals surface area contributed by atoms with Crippen LogP contribution in [0.25, 0.3) is 0 Å². The second-order valence-corrected chi connectivity index (χ2v) is 9.50. The Morgan fingerprint density at radius 3 is 2.66 bits per heavy atom.